The molecule has 168 valence electrons. The number of halogens is 1. The number of hydrogen-bond acceptors (Lipinski definition) is 8. The Hall–Kier alpha value is -3.40. The molecule has 0 radical (unpaired) electrons. The van der Waals surface area contributed by atoms with Crippen molar-refractivity contribution in [2.24, 2.45) is 10.9 Å². The summed E-state index contributed by atoms with van der Waals surface area (Å²) in [4.78, 5) is 37.3. The van der Waals surface area contributed by atoms with Gasteiger partial charge in [0, 0.05) is 36.2 Å². The van der Waals surface area contributed by atoms with Crippen molar-refractivity contribution in [3.63, 3.8) is 0 Å². The summed E-state index contributed by atoms with van der Waals surface area (Å²) in [7, 11) is 0. The van der Waals surface area contributed by atoms with E-state index in [2.05, 4.69) is 25.3 Å². The number of carbonyl (C=O) groups excluding carboxylic acids is 1. The third-order valence-electron chi connectivity index (χ3n) is 5.96. The van der Waals surface area contributed by atoms with Crippen molar-refractivity contribution >= 4 is 28.8 Å². The second-order valence-corrected chi connectivity index (χ2v) is 8.97. The lowest BCUT2D eigenvalue weighted by Crippen LogP contribution is -2.43. The molecule has 3 aromatic rings. The minimum absolute atomic E-state index is 0.0929. The standard InChI is InChI=1S/C23H22FN7OS/c1-2-18-17(24)10-27-21(28-18)31-12-16-13-33-22(29-20(32)15-6-4-3-5-7-15)30-23(16,14-31)19-11-25-8-9-26-19/h3-11,16H,2,12-14H2,1H3,(H,29,30,32)/t16-,23-/m0/s1. The first-order chi connectivity index (χ1) is 16.1. The summed E-state index contributed by atoms with van der Waals surface area (Å²) in [6.07, 6.45) is 6.69. The summed E-state index contributed by atoms with van der Waals surface area (Å²) in [6, 6.07) is 9.04. The summed E-state index contributed by atoms with van der Waals surface area (Å²) < 4.78 is 14.0. The second kappa shape index (κ2) is 8.86. The average molecular weight is 464 g/mol. The zero-order valence-electron chi connectivity index (χ0n) is 18.0. The summed E-state index contributed by atoms with van der Waals surface area (Å²) >= 11 is 1.51. The molecule has 33 heavy (non-hydrogen) atoms. The van der Waals surface area contributed by atoms with E-state index < -0.39 is 11.4 Å². The van der Waals surface area contributed by atoms with Gasteiger partial charge in [-0.05, 0) is 18.6 Å². The van der Waals surface area contributed by atoms with Crippen LogP contribution >= 0.6 is 11.8 Å². The van der Waals surface area contributed by atoms with Crippen molar-refractivity contribution in [2.45, 2.75) is 18.9 Å². The zero-order chi connectivity index (χ0) is 22.8. The molecule has 2 atom stereocenters. The van der Waals surface area contributed by atoms with Gasteiger partial charge in [-0.15, -0.1) is 0 Å². The van der Waals surface area contributed by atoms with Crippen LogP contribution in [0.3, 0.4) is 0 Å². The molecular formula is C23H22FN7OS. The predicted octanol–water partition coefficient (Wildman–Crippen LogP) is 2.83. The van der Waals surface area contributed by atoms with Crippen LogP contribution in [0.2, 0.25) is 0 Å². The Labute approximate surface area is 194 Å². The number of fused-ring (bicyclic) bond motifs is 1. The molecule has 5 rings (SSSR count). The number of aliphatic imine (C=N–C) groups is 1. The quantitative estimate of drug-likeness (QED) is 0.636. The van der Waals surface area contributed by atoms with E-state index in [1.54, 1.807) is 30.7 Å². The number of benzene rings is 1. The summed E-state index contributed by atoms with van der Waals surface area (Å²) in [5, 5.41) is 3.49. The van der Waals surface area contributed by atoms with Crippen LogP contribution in [0.4, 0.5) is 10.3 Å². The van der Waals surface area contributed by atoms with Gasteiger partial charge in [0.15, 0.2) is 11.0 Å². The van der Waals surface area contributed by atoms with Crippen molar-refractivity contribution in [1.29, 1.82) is 0 Å². The largest absolute Gasteiger partial charge is 0.338 e. The Kier molecular flexibility index (Phi) is 5.76. The highest BCUT2D eigenvalue weighted by molar-refractivity contribution is 8.13. The van der Waals surface area contributed by atoms with Crippen LogP contribution in [0.15, 0.2) is 60.1 Å². The predicted molar refractivity (Wildman–Crippen MR) is 125 cm³/mol. The Morgan fingerprint density at radius 2 is 2.09 bits per heavy atom. The number of nitrogens with zero attached hydrogens (tertiary/aromatic N) is 6. The molecule has 0 aliphatic carbocycles. The maximum absolute atomic E-state index is 14.0. The molecule has 0 saturated carbocycles. The molecule has 0 bridgehead atoms. The van der Waals surface area contributed by atoms with Gasteiger partial charge in [-0.1, -0.05) is 36.9 Å². The molecule has 4 heterocycles. The molecule has 1 saturated heterocycles. The lowest BCUT2D eigenvalue weighted by molar-refractivity contribution is 0.0977. The van der Waals surface area contributed by atoms with E-state index in [0.29, 0.717) is 41.9 Å². The maximum Gasteiger partial charge on any atom is 0.257 e. The molecule has 2 aliphatic heterocycles. The highest BCUT2D eigenvalue weighted by atomic mass is 32.2. The zero-order valence-corrected chi connectivity index (χ0v) is 18.8. The Bertz CT molecular complexity index is 1190. The minimum Gasteiger partial charge on any atom is -0.338 e. The Morgan fingerprint density at radius 3 is 2.85 bits per heavy atom. The first-order valence-electron chi connectivity index (χ1n) is 10.7. The lowest BCUT2D eigenvalue weighted by Gasteiger charge is -2.34. The monoisotopic (exact) mass is 463 g/mol. The fourth-order valence-corrected chi connectivity index (χ4v) is 5.38. The number of amidine groups is 1. The van der Waals surface area contributed by atoms with Gasteiger partial charge >= 0.3 is 0 Å². The van der Waals surface area contributed by atoms with Crippen LogP contribution in [0.25, 0.3) is 0 Å². The van der Waals surface area contributed by atoms with Gasteiger partial charge in [0.1, 0.15) is 5.54 Å². The Morgan fingerprint density at radius 1 is 1.24 bits per heavy atom. The molecule has 1 amide bonds. The number of hydrogen-bond donors (Lipinski definition) is 1. The van der Waals surface area contributed by atoms with Crippen molar-refractivity contribution in [2.75, 3.05) is 23.7 Å². The SMILES string of the molecule is CCc1nc(N2C[C@H]3CSC(NC(=O)c4ccccc4)=N[C@@]3(c3cnccn3)C2)ncc1F. The molecule has 0 unspecified atom stereocenters. The van der Waals surface area contributed by atoms with Crippen LogP contribution in [-0.4, -0.2) is 49.9 Å². The van der Waals surface area contributed by atoms with Gasteiger partial charge in [0.2, 0.25) is 5.95 Å². The van der Waals surface area contributed by atoms with Gasteiger partial charge in [-0.25, -0.2) is 19.4 Å². The van der Waals surface area contributed by atoms with Crippen LogP contribution in [-0.2, 0) is 12.0 Å². The van der Waals surface area contributed by atoms with Crippen LogP contribution < -0.4 is 10.2 Å². The number of aryl methyl sites for hydroxylation is 1. The number of rotatable bonds is 4. The van der Waals surface area contributed by atoms with Crippen LogP contribution in [0.5, 0.6) is 0 Å². The van der Waals surface area contributed by atoms with Crippen molar-refractivity contribution in [1.82, 2.24) is 25.3 Å². The molecule has 2 aliphatic rings. The molecular weight excluding hydrogens is 441 g/mol. The fourth-order valence-electron chi connectivity index (χ4n) is 4.25. The van der Waals surface area contributed by atoms with E-state index in [-0.39, 0.29) is 11.8 Å². The van der Waals surface area contributed by atoms with E-state index >= 15 is 0 Å². The van der Waals surface area contributed by atoms with Crippen molar-refractivity contribution < 1.29 is 9.18 Å². The molecule has 10 heteroatoms. The van der Waals surface area contributed by atoms with Crippen molar-refractivity contribution in [3.8, 4) is 0 Å². The molecule has 1 fully saturated rings. The topological polar surface area (TPSA) is 96.3 Å². The Balaban J connectivity index is 1.49. The number of carbonyl (C=O) groups is 1. The number of amides is 1. The van der Waals surface area contributed by atoms with Gasteiger partial charge < -0.3 is 10.2 Å². The van der Waals surface area contributed by atoms with E-state index in [1.807, 2.05) is 30.0 Å². The lowest BCUT2D eigenvalue weighted by atomic mass is 9.86. The van der Waals surface area contributed by atoms with Gasteiger partial charge in [0.25, 0.3) is 5.91 Å². The molecule has 1 aromatic carbocycles. The first kappa shape index (κ1) is 21.4. The van der Waals surface area contributed by atoms with Gasteiger partial charge in [-0.3, -0.25) is 14.8 Å². The maximum atomic E-state index is 14.0. The molecule has 8 nitrogen and oxygen atoms in total. The molecule has 2 aromatic heterocycles. The number of anilines is 1. The first-order valence-corrected chi connectivity index (χ1v) is 11.7. The molecule has 0 spiro atoms. The highest BCUT2D eigenvalue weighted by Gasteiger charge is 2.52. The summed E-state index contributed by atoms with van der Waals surface area (Å²) in [6.45, 7) is 2.96. The van der Waals surface area contributed by atoms with Crippen LogP contribution in [0.1, 0.15) is 28.7 Å². The van der Waals surface area contributed by atoms with Gasteiger partial charge in [0.05, 0.1) is 30.3 Å². The number of thioether (sulfide) groups is 1. The van der Waals surface area contributed by atoms with E-state index in [1.165, 1.54) is 18.0 Å². The van der Waals surface area contributed by atoms with E-state index in [4.69, 9.17) is 4.99 Å². The molecule has 1 N–H and O–H groups in total. The number of nitrogens with one attached hydrogen (secondary N) is 1. The normalized spacial score (nSPS) is 21.9. The van der Waals surface area contributed by atoms with E-state index in [0.717, 1.165) is 11.4 Å². The summed E-state index contributed by atoms with van der Waals surface area (Å²) in [5.74, 6) is 0.680. The summed E-state index contributed by atoms with van der Waals surface area (Å²) in [5.41, 5.74) is 0.957. The number of aromatic nitrogens is 4. The average Bonchev–Trinajstić information content (AvgIpc) is 3.25. The van der Waals surface area contributed by atoms with Crippen LogP contribution in [0, 0.1) is 11.7 Å². The second-order valence-electron chi connectivity index (χ2n) is 7.96. The third-order valence-corrected chi connectivity index (χ3v) is 6.99. The minimum atomic E-state index is -0.719. The van der Waals surface area contributed by atoms with Gasteiger partial charge in [-0.2, -0.15) is 0 Å². The van der Waals surface area contributed by atoms with E-state index in [9.17, 15) is 9.18 Å². The fraction of sp³-hybridized carbons (Fsp3) is 0.304. The smallest absolute Gasteiger partial charge is 0.257 e. The van der Waals surface area contributed by atoms with Crippen molar-refractivity contribution in [3.05, 3.63) is 77.9 Å². The highest BCUT2D eigenvalue weighted by Crippen LogP contribution is 2.45. The third kappa shape index (κ3) is 4.06.